The van der Waals surface area contributed by atoms with Gasteiger partial charge in [0.05, 0.1) is 18.1 Å². The molecule has 0 atom stereocenters. The van der Waals surface area contributed by atoms with Crippen LogP contribution in [0.1, 0.15) is 10.4 Å². The van der Waals surface area contributed by atoms with E-state index in [1.54, 1.807) is 0 Å². The van der Waals surface area contributed by atoms with Crippen molar-refractivity contribution in [3.8, 4) is 5.75 Å². The van der Waals surface area contributed by atoms with Crippen molar-refractivity contribution >= 4 is 32.9 Å². The number of carboxylic acids is 1. The first-order chi connectivity index (χ1) is 7.13. The van der Waals surface area contributed by atoms with E-state index >= 15 is 0 Å². The molecule has 2 rings (SSSR count). The van der Waals surface area contributed by atoms with Gasteiger partial charge in [-0.25, -0.2) is 4.79 Å². The zero-order valence-electron chi connectivity index (χ0n) is 7.65. The van der Waals surface area contributed by atoms with E-state index < -0.39 is 5.97 Å². The molecule has 0 aliphatic heterocycles. The lowest BCUT2D eigenvalue weighted by Crippen LogP contribution is -1.96. The van der Waals surface area contributed by atoms with Crippen LogP contribution < -0.4 is 4.74 Å². The maximum absolute atomic E-state index is 10.8. The standard InChI is InChI=1S/C9H6BrNO4/c1-14-5-2-4(9(12)13)3-6-7(5)8(10)11-15-6/h2-3H,1H3,(H,12,13). The van der Waals surface area contributed by atoms with Crippen LogP contribution in [0.5, 0.6) is 5.75 Å². The first-order valence-corrected chi connectivity index (χ1v) is 4.79. The van der Waals surface area contributed by atoms with Crippen molar-refractivity contribution in [2.75, 3.05) is 7.11 Å². The highest BCUT2D eigenvalue weighted by atomic mass is 79.9. The first kappa shape index (κ1) is 9.97. The van der Waals surface area contributed by atoms with Crippen LogP contribution in [0.15, 0.2) is 21.3 Å². The Hall–Kier alpha value is -1.56. The van der Waals surface area contributed by atoms with Crippen molar-refractivity contribution in [1.82, 2.24) is 5.16 Å². The minimum absolute atomic E-state index is 0.100. The van der Waals surface area contributed by atoms with E-state index in [0.717, 1.165) is 0 Å². The van der Waals surface area contributed by atoms with E-state index in [4.69, 9.17) is 14.4 Å². The third-order valence-electron chi connectivity index (χ3n) is 1.96. The molecule has 0 saturated heterocycles. The molecule has 0 saturated carbocycles. The first-order valence-electron chi connectivity index (χ1n) is 3.99. The van der Waals surface area contributed by atoms with Gasteiger partial charge in [0.2, 0.25) is 0 Å². The average molecular weight is 272 g/mol. The summed E-state index contributed by atoms with van der Waals surface area (Å²) in [4.78, 5) is 10.8. The fourth-order valence-corrected chi connectivity index (χ4v) is 1.75. The summed E-state index contributed by atoms with van der Waals surface area (Å²) >= 11 is 3.19. The molecule has 0 fully saturated rings. The van der Waals surface area contributed by atoms with Crippen molar-refractivity contribution in [1.29, 1.82) is 0 Å². The molecule has 78 valence electrons. The van der Waals surface area contributed by atoms with Gasteiger partial charge >= 0.3 is 5.97 Å². The number of aromatic nitrogens is 1. The summed E-state index contributed by atoms with van der Waals surface area (Å²) in [6.07, 6.45) is 0. The lowest BCUT2D eigenvalue weighted by atomic mass is 10.1. The maximum atomic E-state index is 10.8. The number of ether oxygens (including phenoxy) is 1. The number of hydrogen-bond donors (Lipinski definition) is 1. The Kier molecular flexibility index (Phi) is 2.36. The largest absolute Gasteiger partial charge is 0.496 e. The molecule has 0 unspecified atom stereocenters. The van der Waals surface area contributed by atoms with Gasteiger partial charge in [-0.1, -0.05) is 5.16 Å². The van der Waals surface area contributed by atoms with Gasteiger partial charge in [0.1, 0.15) is 5.75 Å². The second-order valence-electron chi connectivity index (χ2n) is 2.83. The Balaban J connectivity index is 2.79. The van der Waals surface area contributed by atoms with Gasteiger partial charge in [-0.05, 0) is 28.1 Å². The summed E-state index contributed by atoms with van der Waals surface area (Å²) < 4.78 is 10.5. The number of nitrogens with zero attached hydrogens (tertiary/aromatic N) is 1. The fourth-order valence-electron chi connectivity index (χ4n) is 1.28. The molecule has 0 bridgehead atoms. The molecule has 0 spiro atoms. The molecule has 0 radical (unpaired) electrons. The van der Waals surface area contributed by atoms with Crippen LogP contribution in [-0.4, -0.2) is 23.3 Å². The van der Waals surface area contributed by atoms with Crippen LogP contribution in [0.4, 0.5) is 0 Å². The number of carboxylic acid groups (broad SMARTS) is 1. The Morgan fingerprint density at radius 2 is 2.33 bits per heavy atom. The average Bonchev–Trinajstić information content (AvgIpc) is 2.59. The highest BCUT2D eigenvalue weighted by Crippen LogP contribution is 2.33. The van der Waals surface area contributed by atoms with Gasteiger partial charge in [-0.2, -0.15) is 0 Å². The van der Waals surface area contributed by atoms with Gasteiger partial charge < -0.3 is 14.4 Å². The Bertz CT molecular complexity index is 534. The number of benzene rings is 1. The second kappa shape index (κ2) is 3.54. The van der Waals surface area contributed by atoms with E-state index in [-0.39, 0.29) is 5.56 Å². The fraction of sp³-hybridized carbons (Fsp3) is 0.111. The molecule has 0 aliphatic rings. The number of halogens is 1. The van der Waals surface area contributed by atoms with E-state index in [0.29, 0.717) is 21.3 Å². The smallest absolute Gasteiger partial charge is 0.335 e. The SMILES string of the molecule is COc1cc(C(=O)O)cc2onc(Br)c12. The highest BCUT2D eigenvalue weighted by Gasteiger charge is 2.15. The van der Waals surface area contributed by atoms with Crippen LogP contribution >= 0.6 is 15.9 Å². The van der Waals surface area contributed by atoms with Gasteiger partial charge in [0.15, 0.2) is 10.2 Å². The second-order valence-corrected chi connectivity index (χ2v) is 3.58. The number of aromatic carboxylic acids is 1. The Morgan fingerprint density at radius 1 is 1.60 bits per heavy atom. The predicted molar refractivity (Wildman–Crippen MR) is 55.2 cm³/mol. The van der Waals surface area contributed by atoms with Gasteiger partial charge in [0.25, 0.3) is 0 Å². The third kappa shape index (κ3) is 1.56. The van der Waals surface area contributed by atoms with E-state index in [1.807, 2.05) is 0 Å². The topological polar surface area (TPSA) is 72.6 Å². The molecule has 5 nitrogen and oxygen atoms in total. The number of fused-ring (bicyclic) bond motifs is 1. The monoisotopic (exact) mass is 271 g/mol. The summed E-state index contributed by atoms with van der Waals surface area (Å²) in [5.74, 6) is -0.624. The van der Waals surface area contributed by atoms with Gasteiger partial charge in [-0.15, -0.1) is 0 Å². The zero-order chi connectivity index (χ0) is 11.0. The zero-order valence-corrected chi connectivity index (χ0v) is 9.24. The lowest BCUT2D eigenvalue weighted by Gasteiger charge is -2.02. The van der Waals surface area contributed by atoms with Crippen molar-refractivity contribution in [3.63, 3.8) is 0 Å². The molecule has 1 aromatic heterocycles. The summed E-state index contributed by atoms with van der Waals surface area (Å²) in [7, 11) is 1.46. The molecule has 15 heavy (non-hydrogen) atoms. The van der Waals surface area contributed by atoms with Crippen molar-refractivity contribution in [2.24, 2.45) is 0 Å². The molecular weight excluding hydrogens is 266 g/mol. The third-order valence-corrected chi connectivity index (χ3v) is 2.50. The van der Waals surface area contributed by atoms with Crippen LogP contribution in [0.3, 0.4) is 0 Å². The normalized spacial score (nSPS) is 10.5. The summed E-state index contributed by atoms with van der Waals surface area (Å²) in [6, 6.07) is 2.82. The lowest BCUT2D eigenvalue weighted by molar-refractivity contribution is 0.0696. The Morgan fingerprint density at radius 3 is 2.93 bits per heavy atom. The van der Waals surface area contributed by atoms with E-state index in [2.05, 4.69) is 21.1 Å². The molecule has 1 aromatic carbocycles. The van der Waals surface area contributed by atoms with E-state index in [9.17, 15) is 4.79 Å². The van der Waals surface area contributed by atoms with Crippen LogP contribution in [0.25, 0.3) is 11.0 Å². The van der Waals surface area contributed by atoms with Crippen LogP contribution in [0.2, 0.25) is 0 Å². The van der Waals surface area contributed by atoms with Gasteiger partial charge in [0, 0.05) is 0 Å². The van der Waals surface area contributed by atoms with Gasteiger partial charge in [-0.3, -0.25) is 0 Å². The maximum Gasteiger partial charge on any atom is 0.335 e. The van der Waals surface area contributed by atoms with Crippen molar-refractivity contribution in [3.05, 3.63) is 22.3 Å². The minimum atomic E-state index is -1.04. The summed E-state index contributed by atoms with van der Waals surface area (Å²) in [6.45, 7) is 0. The van der Waals surface area contributed by atoms with Crippen LogP contribution in [0, 0.1) is 0 Å². The quantitative estimate of drug-likeness (QED) is 0.908. The Labute approximate surface area is 92.7 Å². The molecule has 6 heteroatoms. The number of carbonyl (C=O) groups is 1. The van der Waals surface area contributed by atoms with Crippen molar-refractivity contribution < 1.29 is 19.2 Å². The molecule has 2 aromatic rings. The molecule has 0 aliphatic carbocycles. The summed E-state index contributed by atoms with van der Waals surface area (Å²) in [5.41, 5.74) is 0.474. The predicted octanol–water partition coefficient (Wildman–Crippen LogP) is 2.30. The van der Waals surface area contributed by atoms with Crippen LogP contribution in [-0.2, 0) is 0 Å². The number of hydrogen-bond acceptors (Lipinski definition) is 4. The summed E-state index contributed by atoms with van der Waals surface area (Å²) in [5, 5.41) is 13.1. The van der Waals surface area contributed by atoms with Crippen molar-refractivity contribution in [2.45, 2.75) is 0 Å². The molecule has 1 N–H and O–H groups in total. The molecule has 1 heterocycles. The van der Waals surface area contributed by atoms with E-state index in [1.165, 1.54) is 19.2 Å². The minimum Gasteiger partial charge on any atom is -0.496 e. The number of rotatable bonds is 2. The molecular formula is C9H6BrNO4. The molecule has 0 amide bonds. The highest BCUT2D eigenvalue weighted by molar-refractivity contribution is 9.10. The number of methoxy groups -OCH3 is 1.